The summed E-state index contributed by atoms with van der Waals surface area (Å²) >= 11 is 3.49. The zero-order chi connectivity index (χ0) is 14.5. The number of nitrogens with two attached hydrogens (primary N) is 1. The highest BCUT2D eigenvalue weighted by atomic mass is 79.9. The van der Waals surface area contributed by atoms with Crippen molar-refractivity contribution in [3.8, 4) is 17.0 Å². The lowest BCUT2D eigenvalue weighted by atomic mass is 10.1. The van der Waals surface area contributed by atoms with Crippen molar-refractivity contribution in [3.63, 3.8) is 0 Å². The van der Waals surface area contributed by atoms with Crippen molar-refractivity contribution in [1.29, 1.82) is 0 Å². The normalized spacial score (nSPS) is 12.2. The van der Waals surface area contributed by atoms with Crippen LogP contribution in [-0.2, 0) is 6.42 Å². The molecular formula is C15H18BrN3O. The van der Waals surface area contributed by atoms with Gasteiger partial charge in [0.25, 0.3) is 0 Å². The van der Waals surface area contributed by atoms with Crippen molar-refractivity contribution in [3.05, 3.63) is 40.8 Å². The van der Waals surface area contributed by atoms with Crippen LogP contribution in [0.2, 0.25) is 0 Å². The van der Waals surface area contributed by atoms with Gasteiger partial charge in [-0.05, 0) is 53.5 Å². The summed E-state index contributed by atoms with van der Waals surface area (Å²) in [6, 6.07) is 7.97. The lowest BCUT2D eigenvalue weighted by Gasteiger charge is -2.08. The summed E-state index contributed by atoms with van der Waals surface area (Å²) in [5.74, 6) is 1.63. The molecule has 5 heteroatoms. The summed E-state index contributed by atoms with van der Waals surface area (Å²) in [7, 11) is 1.65. The summed E-state index contributed by atoms with van der Waals surface area (Å²) in [6.07, 6.45) is 3.47. The SMILES string of the molecule is COc1ccc(-c2ccnc(CCC(C)N)n2)cc1Br. The maximum absolute atomic E-state index is 5.77. The molecule has 0 aliphatic heterocycles. The molecule has 0 saturated carbocycles. The van der Waals surface area contributed by atoms with Crippen molar-refractivity contribution in [2.45, 2.75) is 25.8 Å². The van der Waals surface area contributed by atoms with Crippen molar-refractivity contribution < 1.29 is 4.74 Å². The molecule has 0 amide bonds. The highest BCUT2D eigenvalue weighted by Gasteiger charge is 2.06. The Hall–Kier alpha value is -1.46. The van der Waals surface area contributed by atoms with E-state index in [0.717, 1.165) is 40.1 Å². The fraction of sp³-hybridized carbons (Fsp3) is 0.333. The number of nitrogens with zero attached hydrogens (tertiary/aromatic N) is 2. The third-order valence-electron chi connectivity index (χ3n) is 2.98. The number of hydrogen-bond donors (Lipinski definition) is 1. The van der Waals surface area contributed by atoms with Gasteiger partial charge in [0.1, 0.15) is 11.6 Å². The minimum atomic E-state index is 0.164. The van der Waals surface area contributed by atoms with E-state index in [1.165, 1.54) is 0 Å². The largest absolute Gasteiger partial charge is 0.496 e. The molecule has 1 aromatic heterocycles. The summed E-state index contributed by atoms with van der Waals surface area (Å²) in [6.45, 7) is 1.99. The predicted molar refractivity (Wildman–Crippen MR) is 83.7 cm³/mol. The minimum absolute atomic E-state index is 0.164. The summed E-state index contributed by atoms with van der Waals surface area (Å²) in [5, 5.41) is 0. The van der Waals surface area contributed by atoms with Crippen molar-refractivity contribution in [1.82, 2.24) is 9.97 Å². The highest BCUT2D eigenvalue weighted by Crippen LogP contribution is 2.29. The molecule has 1 aromatic carbocycles. The number of ether oxygens (including phenoxy) is 1. The Morgan fingerprint density at radius 1 is 1.35 bits per heavy atom. The first-order chi connectivity index (χ1) is 9.60. The summed E-state index contributed by atoms with van der Waals surface area (Å²) < 4.78 is 6.14. The average Bonchev–Trinajstić information content (AvgIpc) is 2.45. The van der Waals surface area contributed by atoms with Crippen LogP contribution in [0.4, 0.5) is 0 Å². The molecule has 1 atom stereocenters. The molecule has 4 nitrogen and oxygen atoms in total. The van der Waals surface area contributed by atoms with Gasteiger partial charge in [0.2, 0.25) is 0 Å². The number of hydrogen-bond acceptors (Lipinski definition) is 4. The Kier molecular flexibility index (Phi) is 5.09. The molecule has 106 valence electrons. The average molecular weight is 336 g/mol. The van der Waals surface area contributed by atoms with Gasteiger partial charge in [-0.1, -0.05) is 0 Å². The first-order valence-corrected chi connectivity index (χ1v) is 7.31. The van der Waals surface area contributed by atoms with E-state index in [9.17, 15) is 0 Å². The second-order valence-electron chi connectivity index (χ2n) is 4.72. The van der Waals surface area contributed by atoms with Crippen LogP contribution in [0.3, 0.4) is 0 Å². The number of rotatable bonds is 5. The van der Waals surface area contributed by atoms with Gasteiger partial charge in [0.15, 0.2) is 0 Å². The second kappa shape index (κ2) is 6.81. The number of benzene rings is 1. The fourth-order valence-electron chi connectivity index (χ4n) is 1.86. The van der Waals surface area contributed by atoms with Crippen LogP contribution in [0.1, 0.15) is 19.2 Å². The van der Waals surface area contributed by atoms with Crippen LogP contribution in [0.15, 0.2) is 34.9 Å². The Labute approximate surface area is 127 Å². The van der Waals surface area contributed by atoms with E-state index >= 15 is 0 Å². The molecule has 0 radical (unpaired) electrons. The van der Waals surface area contributed by atoms with Gasteiger partial charge in [-0.15, -0.1) is 0 Å². The maximum Gasteiger partial charge on any atom is 0.133 e. The van der Waals surface area contributed by atoms with Crippen LogP contribution in [0.5, 0.6) is 5.75 Å². The van der Waals surface area contributed by atoms with Crippen LogP contribution >= 0.6 is 15.9 Å². The number of aryl methyl sites for hydroxylation is 1. The third kappa shape index (κ3) is 3.77. The van der Waals surface area contributed by atoms with E-state index in [-0.39, 0.29) is 6.04 Å². The maximum atomic E-state index is 5.77. The topological polar surface area (TPSA) is 61.0 Å². The van der Waals surface area contributed by atoms with Crippen LogP contribution in [-0.4, -0.2) is 23.1 Å². The van der Waals surface area contributed by atoms with E-state index in [1.54, 1.807) is 13.3 Å². The van der Waals surface area contributed by atoms with E-state index in [0.29, 0.717) is 0 Å². The van der Waals surface area contributed by atoms with E-state index < -0.39 is 0 Å². The van der Waals surface area contributed by atoms with Crippen LogP contribution in [0, 0.1) is 0 Å². The fourth-order valence-corrected chi connectivity index (χ4v) is 2.40. The van der Waals surface area contributed by atoms with Gasteiger partial charge in [-0.25, -0.2) is 9.97 Å². The Morgan fingerprint density at radius 3 is 2.80 bits per heavy atom. The van der Waals surface area contributed by atoms with Gasteiger partial charge >= 0.3 is 0 Å². The number of halogens is 1. The van der Waals surface area contributed by atoms with Crippen LogP contribution < -0.4 is 10.5 Å². The molecule has 1 heterocycles. The molecule has 0 aliphatic rings. The summed E-state index contributed by atoms with van der Waals surface area (Å²) in [4.78, 5) is 8.87. The molecule has 0 saturated heterocycles. The smallest absolute Gasteiger partial charge is 0.133 e. The van der Waals surface area contributed by atoms with Gasteiger partial charge in [-0.3, -0.25) is 0 Å². The second-order valence-corrected chi connectivity index (χ2v) is 5.58. The molecule has 1 unspecified atom stereocenters. The van der Waals surface area contributed by atoms with E-state index in [1.807, 2.05) is 31.2 Å². The van der Waals surface area contributed by atoms with Crippen LogP contribution in [0.25, 0.3) is 11.3 Å². The van der Waals surface area contributed by atoms with Crippen molar-refractivity contribution in [2.24, 2.45) is 5.73 Å². The quantitative estimate of drug-likeness (QED) is 0.911. The van der Waals surface area contributed by atoms with Crippen molar-refractivity contribution >= 4 is 15.9 Å². The monoisotopic (exact) mass is 335 g/mol. The lowest BCUT2D eigenvalue weighted by molar-refractivity contribution is 0.412. The Balaban J connectivity index is 2.24. The highest BCUT2D eigenvalue weighted by molar-refractivity contribution is 9.10. The zero-order valence-corrected chi connectivity index (χ0v) is 13.2. The van der Waals surface area contributed by atoms with Crippen molar-refractivity contribution in [2.75, 3.05) is 7.11 Å². The standard InChI is InChI=1S/C15H18BrN3O/c1-10(17)3-6-15-18-8-7-13(19-15)11-4-5-14(20-2)12(16)9-11/h4-5,7-10H,3,6,17H2,1-2H3. The Morgan fingerprint density at radius 2 is 2.15 bits per heavy atom. The molecule has 2 aromatic rings. The molecule has 0 spiro atoms. The first-order valence-electron chi connectivity index (χ1n) is 6.51. The van der Waals surface area contributed by atoms with Gasteiger partial charge in [0.05, 0.1) is 17.3 Å². The molecule has 0 aliphatic carbocycles. The van der Waals surface area contributed by atoms with Gasteiger partial charge in [0, 0.05) is 24.2 Å². The van der Waals surface area contributed by atoms with E-state index in [4.69, 9.17) is 10.5 Å². The number of aromatic nitrogens is 2. The molecular weight excluding hydrogens is 318 g/mol. The van der Waals surface area contributed by atoms with Gasteiger partial charge < -0.3 is 10.5 Å². The molecule has 2 rings (SSSR count). The minimum Gasteiger partial charge on any atom is -0.496 e. The third-order valence-corrected chi connectivity index (χ3v) is 3.60. The van der Waals surface area contributed by atoms with Gasteiger partial charge in [-0.2, -0.15) is 0 Å². The molecule has 0 bridgehead atoms. The Bertz CT molecular complexity index is 587. The molecule has 2 N–H and O–H groups in total. The molecule has 0 fully saturated rings. The lowest BCUT2D eigenvalue weighted by Crippen LogP contribution is -2.16. The molecule has 20 heavy (non-hydrogen) atoms. The zero-order valence-electron chi connectivity index (χ0n) is 11.6. The summed E-state index contributed by atoms with van der Waals surface area (Å²) in [5.41, 5.74) is 7.70. The predicted octanol–water partition coefficient (Wildman–Crippen LogP) is 3.19. The van der Waals surface area contributed by atoms with E-state index in [2.05, 4.69) is 25.9 Å². The first kappa shape index (κ1) is 14.9. The number of methoxy groups -OCH3 is 1.